The molecule has 0 spiro atoms. The van der Waals surface area contributed by atoms with Gasteiger partial charge in [-0.25, -0.2) is 4.39 Å². The van der Waals surface area contributed by atoms with Gasteiger partial charge in [-0.15, -0.1) is 0 Å². The summed E-state index contributed by atoms with van der Waals surface area (Å²) in [6.45, 7) is 6.14. The Morgan fingerprint density at radius 1 is 1.03 bits per heavy atom. The third-order valence-corrected chi connectivity index (χ3v) is 5.54. The van der Waals surface area contributed by atoms with Crippen molar-refractivity contribution in [1.29, 1.82) is 0 Å². The molecule has 0 fully saturated rings. The van der Waals surface area contributed by atoms with Gasteiger partial charge in [0.2, 0.25) is 5.91 Å². The Morgan fingerprint density at radius 3 is 2.48 bits per heavy atom. The molecule has 1 heterocycles. The summed E-state index contributed by atoms with van der Waals surface area (Å²) < 4.78 is 19.6. The van der Waals surface area contributed by atoms with Crippen molar-refractivity contribution in [2.24, 2.45) is 0 Å². The van der Waals surface area contributed by atoms with E-state index in [1.54, 1.807) is 13.2 Å². The van der Waals surface area contributed by atoms with Crippen LogP contribution in [0.1, 0.15) is 25.0 Å². The first-order valence-electron chi connectivity index (χ1n) is 10.2. The summed E-state index contributed by atoms with van der Waals surface area (Å²) in [5.41, 5.74) is 5.17. The van der Waals surface area contributed by atoms with Crippen LogP contribution in [-0.4, -0.2) is 18.6 Å². The number of benzene rings is 3. The Balaban J connectivity index is 1.83. The molecule has 0 bridgehead atoms. The number of halogens is 1. The van der Waals surface area contributed by atoms with Crippen molar-refractivity contribution in [1.82, 2.24) is 0 Å². The van der Waals surface area contributed by atoms with Gasteiger partial charge in [0.15, 0.2) is 0 Å². The standard InChI is InChI=1S/C25H26FN3O2/c1-15-5-8-17(9-6-15)27-14-20-18(19-13-16(26)7-12-22(19)31-4)10-11-21-23(20)28-24(30)25(2,3)29-21/h5-13,27,29H,14H2,1-4H3,(H,28,30). The summed E-state index contributed by atoms with van der Waals surface area (Å²) in [5.74, 6) is 0.0857. The summed E-state index contributed by atoms with van der Waals surface area (Å²) in [6, 6.07) is 16.4. The minimum atomic E-state index is -0.729. The molecule has 1 aliphatic heterocycles. The third kappa shape index (κ3) is 4.06. The summed E-state index contributed by atoms with van der Waals surface area (Å²) >= 11 is 0. The van der Waals surface area contributed by atoms with Crippen molar-refractivity contribution in [3.05, 3.63) is 71.5 Å². The maximum atomic E-state index is 14.1. The highest BCUT2D eigenvalue weighted by atomic mass is 19.1. The average molecular weight is 420 g/mol. The second-order valence-electron chi connectivity index (χ2n) is 8.28. The maximum absolute atomic E-state index is 14.1. The number of carbonyl (C=O) groups excluding carboxylic acids is 1. The summed E-state index contributed by atoms with van der Waals surface area (Å²) in [5, 5.41) is 9.78. The number of aryl methyl sites for hydroxylation is 1. The highest BCUT2D eigenvalue weighted by Crippen LogP contribution is 2.42. The van der Waals surface area contributed by atoms with Gasteiger partial charge >= 0.3 is 0 Å². The fourth-order valence-electron chi connectivity index (χ4n) is 3.75. The van der Waals surface area contributed by atoms with Crippen molar-refractivity contribution in [2.75, 3.05) is 23.1 Å². The van der Waals surface area contributed by atoms with E-state index in [4.69, 9.17) is 4.74 Å². The van der Waals surface area contributed by atoms with E-state index in [0.29, 0.717) is 23.5 Å². The molecule has 0 unspecified atom stereocenters. The van der Waals surface area contributed by atoms with Crippen LogP contribution >= 0.6 is 0 Å². The Bertz CT molecular complexity index is 1140. The van der Waals surface area contributed by atoms with Gasteiger partial charge in [-0.05, 0) is 62.7 Å². The lowest BCUT2D eigenvalue weighted by Gasteiger charge is -2.34. The minimum Gasteiger partial charge on any atom is -0.496 e. The van der Waals surface area contributed by atoms with E-state index in [-0.39, 0.29) is 11.7 Å². The molecule has 0 radical (unpaired) electrons. The van der Waals surface area contributed by atoms with E-state index < -0.39 is 5.54 Å². The molecule has 0 aliphatic carbocycles. The molecule has 0 aromatic heterocycles. The van der Waals surface area contributed by atoms with Crippen LogP contribution in [0.2, 0.25) is 0 Å². The van der Waals surface area contributed by atoms with Crippen LogP contribution in [-0.2, 0) is 11.3 Å². The molecular formula is C25H26FN3O2. The highest BCUT2D eigenvalue weighted by Gasteiger charge is 2.34. The van der Waals surface area contributed by atoms with Crippen LogP contribution in [0.3, 0.4) is 0 Å². The van der Waals surface area contributed by atoms with E-state index in [1.807, 2.05) is 57.2 Å². The van der Waals surface area contributed by atoms with Crippen LogP contribution < -0.4 is 20.7 Å². The van der Waals surface area contributed by atoms with E-state index in [9.17, 15) is 9.18 Å². The van der Waals surface area contributed by atoms with Crippen LogP contribution in [0.25, 0.3) is 11.1 Å². The summed E-state index contributed by atoms with van der Waals surface area (Å²) in [7, 11) is 1.56. The Labute approximate surface area is 181 Å². The van der Waals surface area contributed by atoms with Gasteiger partial charge < -0.3 is 20.7 Å². The highest BCUT2D eigenvalue weighted by molar-refractivity contribution is 6.07. The lowest BCUT2D eigenvalue weighted by Crippen LogP contribution is -2.47. The number of anilines is 3. The quantitative estimate of drug-likeness (QED) is 0.506. The molecule has 0 saturated heterocycles. The molecule has 1 aliphatic rings. The topological polar surface area (TPSA) is 62.4 Å². The smallest absolute Gasteiger partial charge is 0.249 e. The van der Waals surface area contributed by atoms with E-state index in [1.165, 1.54) is 17.7 Å². The largest absolute Gasteiger partial charge is 0.496 e. The number of methoxy groups -OCH3 is 1. The normalized spacial score (nSPS) is 14.3. The molecule has 3 aromatic carbocycles. The first-order valence-corrected chi connectivity index (χ1v) is 10.2. The molecule has 3 N–H and O–H groups in total. The molecule has 5 nitrogen and oxygen atoms in total. The van der Waals surface area contributed by atoms with Gasteiger partial charge in [-0.2, -0.15) is 0 Å². The van der Waals surface area contributed by atoms with E-state index >= 15 is 0 Å². The van der Waals surface area contributed by atoms with Crippen molar-refractivity contribution in [3.63, 3.8) is 0 Å². The first-order chi connectivity index (χ1) is 14.8. The zero-order valence-corrected chi connectivity index (χ0v) is 18.1. The number of nitrogens with one attached hydrogen (secondary N) is 3. The minimum absolute atomic E-state index is 0.125. The monoisotopic (exact) mass is 419 g/mol. The van der Waals surface area contributed by atoms with Gasteiger partial charge in [0.25, 0.3) is 0 Å². The van der Waals surface area contributed by atoms with Crippen molar-refractivity contribution >= 4 is 23.0 Å². The lowest BCUT2D eigenvalue weighted by molar-refractivity contribution is -0.119. The molecule has 4 rings (SSSR count). The second kappa shape index (κ2) is 7.95. The number of carbonyl (C=O) groups is 1. The summed E-state index contributed by atoms with van der Waals surface area (Å²) in [4.78, 5) is 12.7. The number of ether oxygens (including phenoxy) is 1. The van der Waals surface area contributed by atoms with Crippen LogP contribution in [0, 0.1) is 12.7 Å². The summed E-state index contributed by atoms with van der Waals surface area (Å²) in [6.07, 6.45) is 0. The zero-order valence-electron chi connectivity index (χ0n) is 18.1. The van der Waals surface area contributed by atoms with Gasteiger partial charge in [0, 0.05) is 23.4 Å². The van der Waals surface area contributed by atoms with Gasteiger partial charge in [0.1, 0.15) is 17.1 Å². The van der Waals surface area contributed by atoms with Crippen LogP contribution in [0.15, 0.2) is 54.6 Å². The Hall–Kier alpha value is -3.54. The lowest BCUT2D eigenvalue weighted by atomic mass is 9.92. The van der Waals surface area contributed by atoms with E-state index in [0.717, 1.165) is 22.5 Å². The van der Waals surface area contributed by atoms with Crippen molar-refractivity contribution < 1.29 is 13.9 Å². The maximum Gasteiger partial charge on any atom is 0.249 e. The predicted octanol–water partition coefficient (Wildman–Crippen LogP) is 5.56. The predicted molar refractivity (Wildman–Crippen MR) is 123 cm³/mol. The Kier molecular flexibility index (Phi) is 5.31. The second-order valence-corrected chi connectivity index (χ2v) is 8.28. The van der Waals surface area contributed by atoms with E-state index in [2.05, 4.69) is 16.0 Å². The van der Waals surface area contributed by atoms with Crippen molar-refractivity contribution in [2.45, 2.75) is 32.9 Å². The molecule has 160 valence electrons. The van der Waals surface area contributed by atoms with Gasteiger partial charge in [-0.1, -0.05) is 23.8 Å². The Morgan fingerprint density at radius 2 is 1.77 bits per heavy atom. The molecule has 0 atom stereocenters. The average Bonchev–Trinajstić information content (AvgIpc) is 2.74. The number of rotatable bonds is 5. The molecule has 3 aromatic rings. The molecule has 6 heteroatoms. The number of amides is 1. The van der Waals surface area contributed by atoms with Crippen LogP contribution in [0.5, 0.6) is 5.75 Å². The van der Waals surface area contributed by atoms with Gasteiger partial charge in [-0.3, -0.25) is 4.79 Å². The first kappa shape index (κ1) is 20.7. The molecule has 0 saturated carbocycles. The molecule has 1 amide bonds. The number of fused-ring (bicyclic) bond motifs is 1. The van der Waals surface area contributed by atoms with Gasteiger partial charge in [0.05, 0.1) is 18.5 Å². The SMILES string of the molecule is COc1ccc(F)cc1-c1ccc2c(c1CNc1ccc(C)cc1)NC(=O)C(C)(C)N2. The number of hydrogen-bond donors (Lipinski definition) is 3. The molecular weight excluding hydrogens is 393 g/mol. The van der Waals surface area contributed by atoms with Crippen LogP contribution in [0.4, 0.5) is 21.5 Å². The fraction of sp³-hybridized carbons (Fsp3) is 0.240. The number of hydrogen-bond acceptors (Lipinski definition) is 4. The zero-order chi connectivity index (χ0) is 22.2. The van der Waals surface area contributed by atoms with Crippen molar-refractivity contribution in [3.8, 4) is 16.9 Å². The fourth-order valence-corrected chi connectivity index (χ4v) is 3.75. The molecule has 31 heavy (non-hydrogen) atoms. The third-order valence-electron chi connectivity index (χ3n) is 5.54.